The standard InChI is InChI=1S/C23H30N6O4S/c1-6-15-7-9-16(10-8-15)33-12-18-25-26-22(29(18)11-14(2)3)34-13-17(30)19-20(24)27(4)23(32)28(5)21(19)31/h7-10,14H,6,11-13,24H2,1-5H3. The van der Waals surface area contributed by atoms with Crippen molar-refractivity contribution < 1.29 is 9.53 Å². The van der Waals surface area contributed by atoms with Crippen molar-refractivity contribution in [3.63, 3.8) is 0 Å². The van der Waals surface area contributed by atoms with Gasteiger partial charge in [-0.3, -0.25) is 18.7 Å². The fourth-order valence-electron chi connectivity index (χ4n) is 3.37. The molecule has 10 nitrogen and oxygen atoms in total. The molecule has 34 heavy (non-hydrogen) atoms. The van der Waals surface area contributed by atoms with E-state index in [9.17, 15) is 14.4 Å². The zero-order valence-electron chi connectivity index (χ0n) is 20.1. The van der Waals surface area contributed by atoms with Crippen molar-refractivity contribution in [2.45, 2.75) is 45.5 Å². The number of ether oxygens (including phenoxy) is 1. The number of Topliss-reactive ketones (excluding diaryl/α,β-unsaturated/α-hetero) is 1. The smallest absolute Gasteiger partial charge is 0.332 e. The van der Waals surface area contributed by atoms with E-state index in [0.717, 1.165) is 21.3 Å². The highest BCUT2D eigenvalue weighted by Crippen LogP contribution is 2.22. The van der Waals surface area contributed by atoms with Crippen molar-refractivity contribution in [3.05, 3.63) is 62.1 Å². The van der Waals surface area contributed by atoms with Crippen LogP contribution in [0.3, 0.4) is 0 Å². The number of aromatic nitrogens is 5. The Kier molecular flexibility index (Phi) is 7.98. The lowest BCUT2D eigenvalue weighted by molar-refractivity contribution is 0.102. The van der Waals surface area contributed by atoms with Gasteiger partial charge in [0.2, 0.25) is 0 Å². The molecule has 0 aliphatic heterocycles. The second kappa shape index (κ2) is 10.7. The minimum Gasteiger partial charge on any atom is -0.486 e. The first-order valence-corrected chi connectivity index (χ1v) is 12.0. The van der Waals surface area contributed by atoms with Gasteiger partial charge >= 0.3 is 5.69 Å². The van der Waals surface area contributed by atoms with Crippen LogP contribution in [0.4, 0.5) is 5.82 Å². The van der Waals surface area contributed by atoms with Crippen molar-refractivity contribution in [2.75, 3.05) is 11.5 Å². The maximum absolute atomic E-state index is 12.9. The molecule has 0 saturated carbocycles. The molecular weight excluding hydrogens is 456 g/mol. The summed E-state index contributed by atoms with van der Waals surface area (Å²) in [6.07, 6.45) is 0.958. The van der Waals surface area contributed by atoms with Gasteiger partial charge in [-0.2, -0.15) is 0 Å². The molecule has 0 spiro atoms. The van der Waals surface area contributed by atoms with E-state index >= 15 is 0 Å². The molecule has 1 aromatic carbocycles. The van der Waals surface area contributed by atoms with Crippen LogP contribution >= 0.6 is 11.8 Å². The van der Waals surface area contributed by atoms with Crippen molar-refractivity contribution in [1.82, 2.24) is 23.9 Å². The van der Waals surface area contributed by atoms with E-state index in [1.807, 2.05) is 28.8 Å². The van der Waals surface area contributed by atoms with E-state index in [4.69, 9.17) is 10.5 Å². The summed E-state index contributed by atoms with van der Waals surface area (Å²) in [6.45, 7) is 7.11. The third-order valence-electron chi connectivity index (χ3n) is 5.36. The summed E-state index contributed by atoms with van der Waals surface area (Å²) in [5.41, 5.74) is 5.64. The number of thioether (sulfide) groups is 1. The van der Waals surface area contributed by atoms with Crippen LogP contribution in [0.1, 0.15) is 42.5 Å². The first kappa shape index (κ1) is 25.3. The van der Waals surface area contributed by atoms with Gasteiger partial charge in [-0.25, -0.2) is 4.79 Å². The predicted molar refractivity (Wildman–Crippen MR) is 131 cm³/mol. The number of rotatable bonds is 10. The molecule has 0 atom stereocenters. The average Bonchev–Trinajstić information content (AvgIpc) is 3.19. The van der Waals surface area contributed by atoms with Crippen LogP contribution in [0.5, 0.6) is 5.75 Å². The number of hydrogen-bond donors (Lipinski definition) is 1. The van der Waals surface area contributed by atoms with E-state index in [0.29, 0.717) is 23.4 Å². The maximum atomic E-state index is 12.9. The second-order valence-corrected chi connectivity index (χ2v) is 9.31. The monoisotopic (exact) mass is 486 g/mol. The molecule has 0 bridgehead atoms. The Morgan fingerprint density at radius 2 is 1.79 bits per heavy atom. The number of nitrogen functional groups attached to an aromatic ring is 1. The number of benzene rings is 1. The van der Waals surface area contributed by atoms with Crippen molar-refractivity contribution in [3.8, 4) is 5.75 Å². The van der Waals surface area contributed by atoms with Gasteiger partial charge in [0.25, 0.3) is 5.56 Å². The maximum Gasteiger partial charge on any atom is 0.332 e. The zero-order valence-corrected chi connectivity index (χ0v) is 20.9. The van der Waals surface area contributed by atoms with Crippen LogP contribution < -0.4 is 21.7 Å². The number of aryl methyl sites for hydroxylation is 1. The SMILES string of the molecule is CCc1ccc(OCc2nnc(SCC(=O)c3c(N)n(C)c(=O)n(C)c3=O)n2CC(C)C)cc1. The second-order valence-electron chi connectivity index (χ2n) is 8.37. The summed E-state index contributed by atoms with van der Waals surface area (Å²) in [5.74, 6) is 0.979. The van der Waals surface area contributed by atoms with Crippen molar-refractivity contribution in [1.29, 1.82) is 0 Å². The third-order valence-corrected chi connectivity index (χ3v) is 6.33. The normalized spacial score (nSPS) is 11.2. The van der Waals surface area contributed by atoms with Crippen LogP contribution in [0.2, 0.25) is 0 Å². The van der Waals surface area contributed by atoms with Gasteiger partial charge in [0.1, 0.15) is 23.7 Å². The van der Waals surface area contributed by atoms with E-state index < -0.39 is 17.0 Å². The van der Waals surface area contributed by atoms with Gasteiger partial charge in [0.05, 0.1) is 5.75 Å². The largest absolute Gasteiger partial charge is 0.486 e. The fraction of sp³-hybridized carbons (Fsp3) is 0.435. The molecule has 0 radical (unpaired) electrons. The van der Waals surface area contributed by atoms with Gasteiger partial charge in [0, 0.05) is 20.6 Å². The Bertz CT molecular complexity index is 1290. The summed E-state index contributed by atoms with van der Waals surface area (Å²) in [7, 11) is 2.73. The van der Waals surface area contributed by atoms with Crippen LogP contribution in [0, 0.1) is 5.92 Å². The van der Waals surface area contributed by atoms with E-state index in [-0.39, 0.29) is 23.7 Å². The number of nitrogens with two attached hydrogens (primary N) is 1. The Morgan fingerprint density at radius 1 is 1.12 bits per heavy atom. The zero-order chi connectivity index (χ0) is 25.0. The van der Waals surface area contributed by atoms with Crippen molar-refractivity contribution in [2.24, 2.45) is 20.0 Å². The Morgan fingerprint density at radius 3 is 2.41 bits per heavy atom. The molecule has 11 heteroatoms. The minimum atomic E-state index is -0.710. The molecule has 2 N–H and O–H groups in total. The van der Waals surface area contributed by atoms with E-state index in [2.05, 4.69) is 31.0 Å². The van der Waals surface area contributed by atoms with Crippen LogP contribution in [-0.2, 0) is 33.7 Å². The molecule has 2 aromatic heterocycles. The first-order valence-electron chi connectivity index (χ1n) is 11.0. The quantitative estimate of drug-likeness (QED) is 0.341. The molecule has 0 unspecified atom stereocenters. The first-order chi connectivity index (χ1) is 16.1. The summed E-state index contributed by atoms with van der Waals surface area (Å²) in [6, 6.07) is 7.90. The van der Waals surface area contributed by atoms with Crippen LogP contribution in [0.25, 0.3) is 0 Å². The lowest BCUT2D eigenvalue weighted by Crippen LogP contribution is -2.41. The van der Waals surface area contributed by atoms with Crippen LogP contribution in [0.15, 0.2) is 39.0 Å². The van der Waals surface area contributed by atoms with Gasteiger partial charge in [-0.1, -0.05) is 44.7 Å². The molecule has 0 aliphatic rings. The highest BCUT2D eigenvalue weighted by Gasteiger charge is 2.22. The lowest BCUT2D eigenvalue weighted by Gasteiger charge is -2.13. The Labute approximate surface area is 201 Å². The molecular formula is C23H30N6O4S. The number of carbonyl (C=O) groups excluding carboxylic acids is 1. The summed E-state index contributed by atoms with van der Waals surface area (Å²) < 4.78 is 9.78. The van der Waals surface area contributed by atoms with Gasteiger partial charge < -0.3 is 15.0 Å². The number of nitrogens with zero attached hydrogens (tertiary/aromatic N) is 5. The predicted octanol–water partition coefficient (Wildman–Crippen LogP) is 2.03. The molecule has 3 rings (SSSR count). The van der Waals surface area contributed by atoms with Gasteiger partial charge in [-0.15, -0.1) is 10.2 Å². The summed E-state index contributed by atoms with van der Waals surface area (Å²) >= 11 is 1.17. The number of anilines is 1. The Balaban J connectivity index is 1.78. The van der Waals surface area contributed by atoms with E-state index in [1.54, 1.807) is 0 Å². The van der Waals surface area contributed by atoms with Gasteiger partial charge in [0.15, 0.2) is 16.8 Å². The third kappa shape index (κ3) is 5.41. The number of carbonyl (C=O) groups is 1. The molecule has 2 heterocycles. The van der Waals surface area contributed by atoms with Crippen LogP contribution in [-0.4, -0.2) is 35.4 Å². The molecule has 0 amide bonds. The number of ketones is 1. The Hall–Kier alpha value is -3.34. The average molecular weight is 487 g/mol. The molecule has 182 valence electrons. The minimum absolute atomic E-state index is 0.0762. The highest BCUT2D eigenvalue weighted by atomic mass is 32.2. The summed E-state index contributed by atoms with van der Waals surface area (Å²) in [5, 5.41) is 9.05. The highest BCUT2D eigenvalue weighted by molar-refractivity contribution is 7.99. The topological polar surface area (TPSA) is 127 Å². The molecule has 0 fully saturated rings. The van der Waals surface area contributed by atoms with Crippen molar-refractivity contribution >= 4 is 23.4 Å². The summed E-state index contributed by atoms with van der Waals surface area (Å²) in [4.78, 5) is 37.4. The van der Waals surface area contributed by atoms with E-state index in [1.165, 1.54) is 31.4 Å². The molecule has 0 aliphatic carbocycles. The molecule has 0 saturated heterocycles. The molecule has 3 aromatic rings. The fourth-order valence-corrected chi connectivity index (χ4v) is 4.21. The number of hydrogen-bond acceptors (Lipinski definition) is 8. The van der Waals surface area contributed by atoms with Gasteiger partial charge in [-0.05, 0) is 30.0 Å². The lowest BCUT2D eigenvalue weighted by atomic mass is 10.2.